The second-order valence-corrected chi connectivity index (χ2v) is 7.63. The van der Waals surface area contributed by atoms with Crippen molar-refractivity contribution in [2.24, 2.45) is 0 Å². The largest absolute Gasteiger partial charge is 0.352 e. The van der Waals surface area contributed by atoms with Gasteiger partial charge in [-0.3, -0.25) is 0 Å². The quantitative estimate of drug-likeness (QED) is 0.493. The number of aryl methyl sites for hydroxylation is 1. The average Bonchev–Trinajstić information content (AvgIpc) is 2.68. The number of nitrogens with one attached hydrogen (secondary N) is 2. The molecule has 0 unspecified atom stereocenters. The Morgan fingerprint density at radius 2 is 1.68 bits per heavy atom. The van der Waals surface area contributed by atoms with E-state index < -0.39 is 0 Å². The topological polar surface area (TPSA) is 49.8 Å². The van der Waals surface area contributed by atoms with Crippen molar-refractivity contribution >= 4 is 17.5 Å². The van der Waals surface area contributed by atoms with Gasteiger partial charge >= 0.3 is 0 Å². The minimum absolute atomic E-state index is 0.312. The summed E-state index contributed by atoms with van der Waals surface area (Å²) < 4.78 is 0. The molecular formula is C24H30N4. The molecule has 0 bridgehead atoms. The maximum atomic E-state index is 4.73. The lowest BCUT2D eigenvalue weighted by Crippen LogP contribution is -2.16. The summed E-state index contributed by atoms with van der Waals surface area (Å²) in [6, 6.07) is 19.0. The molecule has 0 aliphatic carbocycles. The van der Waals surface area contributed by atoms with Gasteiger partial charge in [-0.2, -0.15) is 4.98 Å². The molecule has 0 spiro atoms. The van der Waals surface area contributed by atoms with Crippen molar-refractivity contribution in [3.05, 3.63) is 65.7 Å². The molecule has 0 saturated carbocycles. The van der Waals surface area contributed by atoms with E-state index in [-0.39, 0.29) is 0 Å². The Kier molecular flexibility index (Phi) is 6.30. The summed E-state index contributed by atoms with van der Waals surface area (Å²) >= 11 is 0. The first kappa shape index (κ1) is 19.9. The first-order chi connectivity index (χ1) is 13.5. The number of nitrogens with zero attached hydrogens (tertiary/aromatic N) is 2. The summed E-state index contributed by atoms with van der Waals surface area (Å²) in [5.74, 6) is 1.95. The third-order valence-electron chi connectivity index (χ3n) is 4.95. The van der Waals surface area contributed by atoms with Crippen molar-refractivity contribution in [2.75, 3.05) is 10.6 Å². The lowest BCUT2D eigenvalue weighted by Gasteiger charge is -2.16. The summed E-state index contributed by atoms with van der Waals surface area (Å²) in [6.07, 6.45) is 1.01. The molecule has 4 heteroatoms. The third-order valence-corrected chi connectivity index (χ3v) is 4.95. The molecule has 0 fully saturated rings. The van der Waals surface area contributed by atoms with E-state index in [2.05, 4.69) is 75.6 Å². The van der Waals surface area contributed by atoms with Crippen LogP contribution in [0.3, 0.4) is 0 Å². The van der Waals surface area contributed by atoms with Gasteiger partial charge < -0.3 is 10.6 Å². The van der Waals surface area contributed by atoms with E-state index >= 15 is 0 Å². The minimum atomic E-state index is 0.312. The van der Waals surface area contributed by atoms with Crippen LogP contribution in [0.25, 0.3) is 11.3 Å². The standard InChI is InChI=1S/C24H30N4/c1-6-18(5)25-24-27-22(19-10-8-7-9-11-19)15-23(28-24)26-20-12-13-21(16(2)3)17(4)14-20/h7-16,18H,6H2,1-5H3,(H2,25,26,27,28)/t18-/m1/s1. The van der Waals surface area contributed by atoms with Gasteiger partial charge in [-0.25, -0.2) is 4.98 Å². The zero-order valence-electron chi connectivity index (χ0n) is 17.5. The predicted octanol–water partition coefficient (Wildman–Crippen LogP) is 6.53. The monoisotopic (exact) mass is 374 g/mol. The summed E-state index contributed by atoms with van der Waals surface area (Å²) in [5, 5.41) is 6.86. The lowest BCUT2D eigenvalue weighted by molar-refractivity contribution is 0.753. The number of hydrogen-bond acceptors (Lipinski definition) is 4. The van der Waals surface area contributed by atoms with Crippen LogP contribution in [0, 0.1) is 6.92 Å². The van der Waals surface area contributed by atoms with Gasteiger partial charge in [0.05, 0.1) is 5.69 Å². The Hall–Kier alpha value is -2.88. The number of anilines is 3. The van der Waals surface area contributed by atoms with Crippen LogP contribution in [0.1, 0.15) is 51.2 Å². The van der Waals surface area contributed by atoms with Crippen molar-refractivity contribution in [2.45, 2.75) is 53.0 Å². The summed E-state index contributed by atoms with van der Waals surface area (Å²) in [4.78, 5) is 9.42. The molecule has 0 amide bonds. The van der Waals surface area contributed by atoms with Crippen LogP contribution in [0.2, 0.25) is 0 Å². The number of rotatable bonds is 7. The Morgan fingerprint density at radius 1 is 0.929 bits per heavy atom. The molecular weight excluding hydrogens is 344 g/mol. The van der Waals surface area contributed by atoms with Crippen LogP contribution in [-0.2, 0) is 0 Å². The number of hydrogen-bond donors (Lipinski definition) is 2. The molecule has 1 aromatic heterocycles. The van der Waals surface area contributed by atoms with Crippen molar-refractivity contribution in [1.29, 1.82) is 0 Å². The summed E-state index contributed by atoms with van der Waals surface area (Å²) in [6.45, 7) is 10.9. The molecule has 1 atom stereocenters. The predicted molar refractivity (Wildman–Crippen MR) is 119 cm³/mol. The van der Waals surface area contributed by atoms with E-state index in [1.54, 1.807) is 0 Å². The summed E-state index contributed by atoms with van der Waals surface area (Å²) in [7, 11) is 0. The van der Waals surface area contributed by atoms with Crippen molar-refractivity contribution < 1.29 is 0 Å². The van der Waals surface area contributed by atoms with Crippen molar-refractivity contribution in [1.82, 2.24) is 9.97 Å². The fourth-order valence-corrected chi connectivity index (χ4v) is 3.20. The van der Waals surface area contributed by atoms with Gasteiger partial charge in [-0.1, -0.05) is 57.2 Å². The zero-order chi connectivity index (χ0) is 20.1. The molecule has 2 aromatic carbocycles. The maximum absolute atomic E-state index is 4.73. The molecule has 4 nitrogen and oxygen atoms in total. The second-order valence-electron chi connectivity index (χ2n) is 7.63. The number of benzene rings is 2. The van der Waals surface area contributed by atoms with Crippen LogP contribution < -0.4 is 10.6 Å². The first-order valence-corrected chi connectivity index (χ1v) is 10.0. The highest BCUT2D eigenvalue weighted by Crippen LogP contribution is 2.26. The smallest absolute Gasteiger partial charge is 0.225 e. The van der Waals surface area contributed by atoms with Crippen LogP contribution in [-0.4, -0.2) is 16.0 Å². The molecule has 0 aliphatic rings. The SMILES string of the molecule is CC[C@@H](C)Nc1nc(Nc2ccc(C(C)C)c(C)c2)cc(-c2ccccc2)n1. The highest BCUT2D eigenvalue weighted by molar-refractivity contribution is 5.67. The van der Waals surface area contributed by atoms with Crippen LogP contribution in [0.15, 0.2) is 54.6 Å². The molecule has 146 valence electrons. The van der Waals surface area contributed by atoms with Crippen LogP contribution in [0.4, 0.5) is 17.5 Å². The van der Waals surface area contributed by atoms with E-state index in [9.17, 15) is 0 Å². The first-order valence-electron chi connectivity index (χ1n) is 10.0. The normalized spacial score (nSPS) is 12.1. The Bertz CT molecular complexity index is 919. The molecule has 3 rings (SSSR count). The molecule has 0 aliphatic heterocycles. The molecule has 2 N–H and O–H groups in total. The van der Waals surface area contributed by atoms with Gasteiger partial charge in [0.25, 0.3) is 0 Å². The second kappa shape index (κ2) is 8.87. The Balaban J connectivity index is 1.95. The lowest BCUT2D eigenvalue weighted by atomic mass is 9.98. The summed E-state index contributed by atoms with van der Waals surface area (Å²) in [5.41, 5.74) is 5.67. The number of aromatic nitrogens is 2. The van der Waals surface area contributed by atoms with E-state index in [1.165, 1.54) is 11.1 Å². The van der Waals surface area contributed by atoms with Gasteiger partial charge in [-0.15, -0.1) is 0 Å². The highest BCUT2D eigenvalue weighted by atomic mass is 15.2. The molecule has 1 heterocycles. The molecule has 3 aromatic rings. The molecule has 0 saturated heterocycles. The minimum Gasteiger partial charge on any atom is -0.352 e. The fraction of sp³-hybridized carbons (Fsp3) is 0.333. The van der Waals surface area contributed by atoms with Gasteiger partial charge in [0.1, 0.15) is 5.82 Å². The van der Waals surface area contributed by atoms with Crippen molar-refractivity contribution in [3.63, 3.8) is 0 Å². The van der Waals surface area contributed by atoms with Crippen LogP contribution >= 0.6 is 0 Å². The molecule has 28 heavy (non-hydrogen) atoms. The Morgan fingerprint density at radius 3 is 2.32 bits per heavy atom. The Labute approximate surface area is 168 Å². The van der Waals surface area contributed by atoms with Gasteiger partial charge in [0.2, 0.25) is 5.95 Å². The van der Waals surface area contributed by atoms with E-state index in [1.807, 2.05) is 24.3 Å². The van der Waals surface area contributed by atoms with Gasteiger partial charge in [0.15, 0.2) is 0 Å². The van der Waals surface area contributed by atoms with Crippen LogP contribution in [0.5, 0.6) is 0 Å². The van der Waals surface area contributed by atoms with E-state index in [0.29, 0.717) is 17.9 Å². The van der Waals surface area contributed by atoms with Crippen molar-refractivity contribution in [3.8, 4) is 11.3 Å². The third kappa shape index (κ3) is 4.89. The molecule has 0 radical (unpaired) electrons. The van der Waals surface area contributed by atoms with Gasteiger partial charge in [0, 0.05) is 23.4 Å². The maximum Gasteiger partial charge on any atom is 0.225 e. The van der Waals surface area contributed by atoms with Gasteiger partial charge in [-0.05, 0) is 49.4 Å². The highest BCUT2D eigenvalue weighted by Gasteiger charge is 2.10. The van der Waals surface area contributed by atoms with E-state index in [4.69, 9.17) is 9.97 Å². The average molecular weight is 375 g/mol. The van der Waals surface area contributed by atoms with E-state index in [0.717, 1.165) is 29.2 Å². The fourth-order valence-electron chi connectivity index (χ4n) is 3.20. The zero-order valence-corrected chi connectivity index (χ0v) is 17.5.